The average Bonchev–Trinajstić information content (AvgIpc) is 1.99. The Bertz CT molecular complexity index is 273. The average molecular weight is 172 g/mol. The minimum atomic E-state index is 0.458. The van der Waals surface area contributed by atoms with Crippen LogP contribution in [0.25, 0.3) is 0 Å². The fourth-order valence-corrected chi connectivity index (χ4v) is 1.27. The highest BCUT2D eigenvalue weighted by atomic mass is 35.5. The third kappa shape index (κ3) is 1.43. The zero-order chi connectivity index (χ0) is 8.43. The van der Waals surface area contributed by atoms with Crippen molar-refractivity contribution >= 4 is 17.4 Å². The number of hydrogen-bond acceptors (Lipinski definition) is 3. The largest absolute Gasteiger partial charge is 0.382 e. The number of aromatic nitrogens is 2. The molecule has 60 valence electrons. The molecular weight excluding hydrogens is 162 g/mol. The standard InChI is InChI=1S/C7H10ClN3/c1-3-5-4(2)7(9)11-10-6(5)8/h3H2,1-2H3,(H2,9,11). The first-order valence-electron chi connectivity index (χ1n) is 3.44. The van der Waals surface area contributed by atoms with E-state index in [0.717, 1.165) is 17.5 Å². The molecule has 0 aliphatic rings. The first-order valence-corrected chi connectivity index (χ1v) is 3.81. The molecule has 2 N–H and O–H groups in total. The van der Waals surface area contributed by atoms with Crippen LogP contribution >= 0.6 is 11.6 Å². The summed E-state index contributed by atoms with van der Waals surface area (Å²) in [5, 5.41) is 7.84. The second kappa shape index (κ2) is 3.05. The Balaban J connectivity index is 3.29. The van der Waals surface area contributed by atoms with E-state index in [9.17, 15) is 0 Å². The minimum absolute atomic E-state index is 0.458. The maximum atomic E-state index is 5.77. The fraction of sp³-hybridized carbons (Fsp3) is 0.429. The first-order chi connectivity index (χ1) is 5.16. The zero-order valence-corrected chi connectivity index (χ0v) is 7.31. The minimum Gasteiger partial charge on any atom is -0.382 e. The van der Waals surface area contributed by atoms with E-state index in [4.69, 9.17) is 17.3 Å². The molecule has 4 heteroatoms. The van der Waals surface area contributed by atoms with E-state index in [2.05, 4.69) is 10.2 Å². The third-order valence-electron chi connectivity index (χ3n) is 1.68. The number of halogens is 1. The highest BCUT2D eigenvalue weighted by Gasteiger charge is 2.06. The van der Waals surface area contributed by atoms with Crippen molar-refractivity contribution in [2.24, 2.45) is 0 Å². The van der Waals surface area contributed by atoms with Crippen LogP contribution in [0.2, 0.25) is 5.15 Å². The van der Waals surface area contributed by atoms with Crippen LogP contribution in [0.1, 0.15) is 18.1 Å². The Morgan fingerprint density at radius 2 is 2.09 bits per heavy atom. The summed E-state index contributed by atoms with van der Waals surface area (Å²) >= 11 is 5.77. The molecule has 0 spiro atoms. The van der Waals surface area contributed by atoms with Gasteiger partial charge in [0.15, 0.2) is 5.15 Å². The van der Waals surface area contributed by atoms with Crippen LogP contribution in [0.3, 0.4) is 0 Å². The highest BCUT2D eigenvalue weighted by Crippen LogP contribution is 2.19. The lowest BCUT2D eigenvalue weighted by molar-refractivity contribution is 0.972. The SMILES string of the molecule is CCc1c(Cl)nnc(N)c1C. The molecule has 1 heterocycles. The number of anilines is 1. The normalized spacial score (nSPS) is 10.1. The van der Waals surface area contributed by atoms with Crippen LogP contribution in [0, 0.1) is 6.92 Å². The van der Waals surface area contributed by atoms with Crippen LogP contribution in [0.4, 0.5) is 5.82 Å². The maximum absolute atomic E-state index is 5.77. The van der Waals surface area contributed by atoms with Crippen molar-refractivity contribution < 1.29 is 0 Å². The second-order valence-electron chi connectivity index (χ2n) is 2.33. The number of hydrogen-bond donors (Lipinski definition) is 1. The molecular formula is C7H10ClN3. The van der Waals surface area contributed by atoms with Crippen molar-refractivity contribution in [1.82, 2.24) is 10.2 Å². The van der Waals surface area contributed by atoms with Crippen molar-refractivity contribution in [3.8, 4) is 0 Å². The monoisotopic (exact) mass is 171 g/mol. The lowest BCUT2D eigenvalue weighted by atomic mass is 10.1. The number of nitrogen functional groups attached to an aromatic ring is 1. The van der Waals surface area contributed by atoms with Gasteiger partial charge in [0, 0.05) is 0 Å². The smallest absolute Gasteiger partial charge is 0.155 e. The number of nitrogens with zero attached hydrogens (tertiary/aromatic N) is 2. The molecule has 0 saturated heterocycles. The van der Waals surface area contributed by atoms with Gasteiger partial charge in [-0.05, 0) is 24.5 Å². The van der Waals surface area contributed by atoms with Gasteiger partial charge in [-0.25, -0.2) is 0 Å². The van der Waals surface area contributed by atoms with Gasteiger partial charge < -0.3 is 5.73 Å². The zero-order valence-electron chi connectivity index (χ0n) is 6.56. The summed E-state index contributed by atoms with van der Waals surface area (Å²) in [6, 6.07) is 0. The molecule has 0 aliphatic heterocycles. The van der Waals surface area contributed by atoms with Gasteiger partial charge in [-0.1, -0.05) is 18.5 Å². The molecule has 0 bridgehead atoms. The molecule has 0 saturated carbocycles. The number of nitrogens with two attached hydrogens (primary N) is 1. The fourth-order valence-electron chi connectivity index (χ4n) is 0.953. The van der Waals surface area contributed by atoms with Gasteiger partial charge in [-0.2, -0.15) is 0 Å². The molecule has 1 aromatic heterocycles. The van der Waals surface area contributed by atoms with Crippen molar-refractivity contribution in [2.45, 2.75) is 20.3 Å². The predicted octanol–water partition coefficient (Wildman–Crippen LogP) is 1.58. The summed E-state index contributed by atoms with van der Waals surface area (Å²) < 4.78 is 0. The van der Waals surface area contributed by atoms with E-state index >= 15 is 0 Å². The van der Waals surface area contributed by atoms with Gasteiger partial charge in [0.05, 0.1) is 0 Å². The van der Waals surface area contributed by atoms with Gasteiger partial charge in [0.25, 0.3) is 0 Å². The van der Waals surface area contributed by atoms with Gasteiger partial charge in [-0.3, -0.25) is 0 Å². The quantitative estimate of drug-likeness (QED) is 0.698. The van der Waals surface area contributed by atoms with Crippen molar-refractivity contribution in [3.63, 3.8) is 0 Å². The Kier molecular flexibility index (Phi) is 2.29. The van der Waals surface area contributed by atoms with Gasteiger partial charge >= 0.3 is 0 Å². The lowest BCUT2D eigenvalue weighted by Crippen LogP contribution is -2.01. The molecule has 0 aromatic carbocycles. The summed E-state index contributed by atoms with van der Waals surface area (Å²) in [5.41, 5.74) is 7.46. The highest BCUT2D eigenvalue weighted by molar-refractivity contribution is 6.30. The van der Waals surface area contributed by atoms with E-state index < -0.39 is 0 Å². The van der Waals surface area contributed by atoms with E-state index in [1.165, 1.54) is 0 Å². The first kappa shape index (κ1) is 8.27. The van der Waals surface area contributed by atoms with Crippen molar-refractivity contribution in [2.75, 3.05) is 5.73 Å². The van der Waals surface area contributed by atoms with Crippen LogP contribution in [-0.2, 0) is 6.42 Å². The molecule has 1 rings (SSSR count). The molecule has 0 atom stereocenters. The summed E-state index contributed by atoms with van der Waals surface area (Å²) in [6.45, 7) is 3.91. The van der Waals surface area contributed by atoms with E-state index in [1.807, 2.05) is 13.8 Å². The Morgan fingerprint density at radius 3 is 2.55 bits per heavy atom. The van der Waals surface area contributed by atoms with E-state index in [0.29, 0.717) is 11.0 Å². The van der Waals surface area contributed by atoms with Gasteiger partial charge in [-0.15, -0.1) is 10.2 Å². The Hall–Kier alpha value is -0.830. The molecule has 3 nitrogen and oxygen atoms in total. The molecule has 11 heavy (non-hydrogen) atoms. The predicted molar refractivity (Wildman–Crippen MR) is 45.6 cm³/mol. The summed E-state index contributed by atoms with van der Waals surface area (Å²) in [5.74, 6) is 0.464. The Morgan fingerprint density at radius 1 is 1.45 bits per heavy atom. The van der Waals surface area contributed by atoms with E-state index in [-0.39, 0.29) is 0 Å². The topological polar surface area (TPSA) is 51.8 Å². The van der Waals surface area contributed by atoms with Crippen LogP contribution in [0.15, 0.2) is 0 Å². The third-order valence-corrected chi connectivity index (χ3v) is 1.99. The van der Waals surface area contributed by atoms with Crippen LogP contribution in [-0.4, -0.2) is 10.2 Å². The summed E-state index contributed by atoms with van der Waals surface area (Å²) in [6.07, 6.45) is 0.838. The summed E-state index contributed by atoms with van der Waals surface area (Å²) in [7, 11) is 0. The van der Waals surface area contributed by atoms with Crippen LogP contribution < -0.4 is 5.73 Å². The van der Waals surface area contributed by atoms with Gasteiger partial charge in [0.2, 0.25) is 0 Å². The molecule has 1 aromatic rings. The number of rotatable bonds is 1. The maximum Gasteiger partial charge on any atom is 0.155 e. The van der Waals surface area contributed by atoms with Crippen LogP contribution in [0.5, 0.6) is 0 Å². The molecule has 0 unspecified atom stereocenters. The molecule has 0 aliphatic carbocycles. The second-order valence-corrected chi connectivity index (χ2v) is 2.69. The lowest BCUT2D eigenvalue weighted by Gasteiger charge is -2.04. The molecule has 0 fully saturated rings. The van der Waals surface area contributed by atoms with Crippen molar-refractivity contribution in [1.29, 1.82) is 0 Å². The molecule has 0 radical (unpaired) electrons. The molecule has 0 amide bonds. The van der Waals surface area contributed by atoms with Crippen molar-refractivity contribution in [3.05, 3.63) is 16.3 Å². The Labute approximate surface area is 70.6 Å². The van der Waals surface area contributed by atoms with E-state index in [1.54, 1.807) is 0 Å². The van der Waals surface area contributed by atoms with Gasteiger partial charge in [0.1, 0.15) is 5.82 Å². The summed E-state index contributed by atoms with van der Waals surface area (Å²) in [4.78, 5) is 0.